The topological polar surface area (TPSA) is 91.2 Å². The van der Waals surface area contributed by atoms with Crippen LogP contribution in [-0.4, -0.2) is 10.9 Å². The molecular formula is C21H21N3O2. The molecule has 5 heteroatoms. The molecule has 0 radical (unpaired) electrons. The lowest BCUT2D eigenvalue weighted by Crippen LogP contribution is -2.11. The Kier molecular flexibility index (Phi) is 5.61. The Morgan fingerprint density at radius 1 is 1.00 bits per heavy atom. The smallest absolute Gasteiger partial charge is 0.250 e. The summed E-state index contributed by atoms with van der Waals surface area (Å²) in [6, 6.07) is 21.1. The number of rotatable bonds is 7. The van der Waals surface area contributed by atoms with Crippen LogP contribution in [0.1, 0.15) is 33.9 Å². The molecule has 1 heterocycles. The van der Waals surface area contributed by atoms with Crippen LogP contribution in [0.2, 0.25) is 0 Å². The summed E-state index contributed by atoms with van der Waals surface area (Å²) in [5.74, 6) is 0.539. The molecule has 4 N–H and O–H groups in total. The van der Waals surface area contributed by atoms with Crippen LogP contribution < -0.4 is 16.2 Å². The number of hydrogen-bond donors (Lipinski definition) is 2. The van der Waals surface area contributed by atoms with E-state index in [1.165, 1.54) is 11.8 Å². The van der Waals surface area contributed by atoms with Crippen molar-refractivity contribution in [3.8, 4) is 11.6 Å². The predicted octanol–water partition coefficient (Wildman–Crippen LogP) is 3.61. The number of nitrogens with zero attached hydrogens (tertiary/aromatic N) is 1. The van der Waals surface area contributed by atoms with E-state index >= 15 is 0 Å². The van der Waals surface area contributed by atoms with Gasteiger partial charge >= 0.3 is 0 Å². The number of hydrogen-bond acceptors (Lipinski definition) is 4. The number of amides is 1. The van der Waals surface area contributed by atoms with Crippen molar-refractivity contribution in [1.82, 2.24) is 4.98 Å². The van der Waals surface area contributed by atoms with Gasteiger partial charge < -0.3 is 16.2 Å². The zero-order valence-corrected chi connectivity index (χ0v) is 14.3. The van der Waals surface area contributed by atoms with Crippen LogP contribution in [0.25, 0.3) is 0 Å². The number of nitrogens with two attached hydrogens (primary N) is 2. The summed E-state index contributed by atoms with van der Waals surface area (Å²) < 4.78 is 5.67. The van der Waals surface area contributed by atoms with E-state index in [1.807, 2.05) is 42.5 Å². The molecule has 0 aliphatic heterocycles. The van der Waals surface area contributed by atoms with Crippen LogP contribution in [0.3, 0.4) is 0 Å². The molecule has 5 nitrogen and oxygen atoms in total. The second kappa shape index (κ2) is 8.27. The lowest BCUT2D eigenvalue weighted by Gasteiger charge is -2.13. The van der Waals surface area contributed by atoms with Crippen molar-refractivity contribution in [2.24, 2.45) is 11.5 Å². The predicted molar refractivity (Wildman–Crippen MR) is 101 cm³/mol. The van der Waals surface area contributed by atoms with Gasteiger partial charge in [-0.1, -0.05) is 42.5 Å². The molecule has 132 valence electrons. The molecule has 0 bridgehead atoms. The Labute approximate surface area is 152 Å². The van der Waals surface area contributed by atoms with E-state index in [2.05, 4.69) is 17.1 Å². The molecule has 3 aromatic rings. The van der Waals surface area contributed by atoms with Crippen molar-refractivity contribution in [2.75, 3.05) is 0 Å². The summed E-state index contributed by atoms with van der Waals surface area (Å²) >= 11 is 0. The van der Waals surface area contributed by atoms with Gasteiger partial charge in [-0.05, 0) is 42.2 Å². The Balaban J connectivity index is 1.58. The first-order chi connectivity index (χ1) is 12.6. The Hall–Kier alpha value is -3.18. The molecule has 0 saturated heterocycles. The zero-order chi connectivity index (χ0) is 18.4. The average molecular weight is 347 g/mol. The Morgan fingerprint density at radius 2 is 1.73 bits per heavy atom. The highest BCUT2D eigenvalue weighted by molar-refractivity contribution is 5.92. The van der Waals surface area contributed by atoms with Crippen LogP contribution >= 0.6 is 0 Å². The van der Waals surface area contributed by atoms with Crippen LogP contribution in [0, 0.1) is 0 Å². The van der Waals surface area contributed by atoms with Gasteiger partial charge in [-0.2, -0.15) is 0 Å². The number of carbonyl (C=O) groups excluding carboxylic acids is 1. The molecule has 1 unspecified atom stereocenters. The maximum Gasteiger partial charge on any atom is 0.250 e. The molecule has 26 heavy (non-hydrogen) atoms. The second-order valence-corrected chi connectivity index (χ2v) is 6.05. The molecule has 1 aromatic heterocycles. The lowest BCUT2D eigenvalue weighted by atomic mass is 10.00. The van der Waals surface area contributed by atoms with E-state index in [4.69, 9.17) is 16.2 Å². The molecule has 0 fully saturated rings. The van der Waals surface area contributed by atoms with Gasteiger partial charge in [-0.25, -0.2) is 4.98 Å². The summed E-state index contributed by atoms with van der Waals surface area (Å²) in [4.78, 5) is 15.1. The Bertz CT molecular complexity index is 847. The molecule has 3 rings (SSSR count). The van der Waals surface area contributed by atoms with Crippen LogP contribution in [0.4, 0.5) is 0 Å². The third kappa shape index (κ3) is 4.68. The third-order valence-corrected chi connectivity index (χ3v) is 4.14. The standard InChI is InChI=1S/C21H21N3O2/c22-19(12-6-15-4-2-1-3-5-15)16-7-10-18(11-8-16)26-20-13-9-17(14-24-20)21(23)25/h1-5,7-11,13-14,19H,6,12,22H2,(H2,23,25). The molecule has 0 spiro atoms. The van der Waals surface area contributed by atoms with Gasteiger partial charge in [-0.3, -0.25) is 4.79 Å². The molecule has 1 amide bonds. The van der Waals surface area contributed by atoms with Crippen molar-refractivity contribution in [3.05, 3.63) is 89.6 Å². The van der Waals surface area contributed by atoms with Crippen molar-refractivity contribution in [3.63, 3.8) is 0 Å². The number of primary amides is 1. The monoisotopic (exact) mass is 347 g/mol. The fourth-order valence-electron chi connectivity index (χ4n) is 2.62. The fraction of sp³-hybridized carbons (Fsp3) is 0.143. The SMILES string of the molecule is NC(=O)c1ccc(Oc2ccc(C(N)CCc3ccccc3)cc2)nc1. The first-order valence-corrected chi connectivity index (χ1v) is 8.45. The Morgan fingerprint density at radius 3 is 2.35 bits per heavy atom. The van der Waals surface area contributed by atoms with Crippen LogP contribution in [-0.2, 0) is 6.42 Å². The van der Waals surface area contributed by atoms with Gasteiger partial charge in [0.1, 0.15) is 5.75 Å². The highest BCUT2D eigenvalue weighted by Gasteiger charge is 2.08. The molecule has 2 aromatic carbocycles. The number of carbonyl (C=O) groups is 1. The number of aromatic nitrogens is 1. The maximum atomic E-state index is 11.0. The quantitative estimate of drug-likeness (QED) is 0.683. The van der Waals surface area contributed by atoms with Gasteiger partial charge in [0.15, 0.2) is 0 Å². The second-order valence-electron chi connectivity index (χ2n) is 6.05. The van der Waals surface area contributed by atoms with Gasteiger partial charge in [0.25, 0.3) is 0 Å². The maximum absolute atomic E-state index is 11.0. The first-order valence-electron chi connectivity index (χ1n) is 8.45. The van der Waals surface area contributed by atoms with Crippen molar-refractivity contribution >= 4 is 5.91 Å². The third-order valence-electron chi connectivity index (χ3n) is 4.14. The van der Waals surface area contributed by atoms with E-state index in [-0.39, 0.29) is 6.04 Å². The summed E-state index contributed by atoms with van der Waals surface area (Å²) in [5.41, 5.74) is 14.2. The zero-order valence-electron chi connectivity index (χ0n) is 14.3. The van der Waals surface area contributed by atoms with E-state index in [1.54, 1.807) is 12.1 Å². The number of benzene rings is 2. The number of aryl methyl sites for hydroxylation is 1. The fourth-order valence-corrected chi connectivity index (χ4v) is 2.62. The highest BCUT2D eigenvalue weighted by atomic mass is 16.5. The minimum absolute atomic E-state index is 0.0303. The van der Waals surface area contributed by atoms with Gasteiger partial charge in [-0.15, -0.1) is 0 Å². The van der Waals surface area contributed by atoms with Crippen molar-refractivity contribution in [2.45, 2.75) is 18.9 Å². The number of ether oxygens (including phenoxy) is 1. The summed E-state index contributed by atoms with van der Waals surface area (Å²) in [6.45, 7) is 0. The molecule has 0 aliphatic rings. The first kappa shape index (κ1) is 17.6. The van der Waals surface area contributed by atoms with E-state index < -0.39 is 5.91 Å². The minimum Gasteiger partial charge on any atom is -0.439 e. The van der Waals surface area contributed by atoms with Crippen LogP contribution in [0.5, 0.6) is 11.6 Å². The van der Waals surface area contributed by atoms with Crippen molar-refractivity contribution in [1.29, 1.82) is 0 Å². The van der Waals surface area contributed by atoms with E-state index in [0.717, 1.165) is 18.4 Å². The van der Waals surface area contributed by atoms with Gasteiger partial charge in [0.2, 0.25) is 11.8 Å². The summed E-state index contributed by atoms with van der Waals surface area (Å²) in [6.07, 6.45) is 3.21. The normalized spacial score (nSPS) is 11.7. The number of pyridine rings is 1. The summed E-state index contributed by atoms with van der Waals surface area (Å²) in [5, 5.41) is 0. The van der Waals surface area contributed by atoms with Crippen molar-refractivity contribution < 1.29 is 9.53 Å². The van der Waals surface area contributed by atoms with Crippen LogP contribution in [0.15, 0.2) is 72.9 Å². The molecule has 0 saturated carbocycles. The minimum atomic E-state index is -0.516. The lowest BCUT2D eigenvalue weighted by molar-refractivity contribution is 0.1000. The molecule has 0 aliphatic carbocycles. The summed E-state index contributed by atoms with van der Waals surface area (Å²) in [7, 11) is 0. The average Bonchev–Trinajstić information content (AvgIpc) is 2.68. The largest absolute Gasteiger partial charge is 0.439 e. The van der Waals surface area contributed by atoms with E-state index in [9.17, 15) is 4.79 Å². The molecular weight excluding hydrogens is 326 g/mol. The molecule has 1 atom stereocenters. The van der Waals surface area contributed by atoms with Gasteiger partial charge in [0.05, 0.1) is 5.56 Å². The highest BCUT2D eigenvalue weighted by Crippen LogP contribution is 2.23. The van der Waals surface area contributed by atoms with E-state index in [0.29, 0.717) is 17.2 Å². The van der Waals surface area contributed by atoms with Gasteiger partial charge in [0, 0.05) is 18.3 Å².